The lowest BCUT2D eigenvalue weighted by molar-refractivity contribution is 0.0637. The van der Waals surface area contributed by atoms with Crippen LogP contribution in [0, 0.1) is 0 Å². The van der Waals surface area contributed by atoms with Gasteiger partial charge in [-0.1, -0.05) is 6.92 Å². The Labute approximate surface area is 133 Å². The van der Waals surface area contributed by atoms with Crippen LogP contribution in [0.3, 0.4) is 0 Å². The minimum atomic E-state index is 0.0343. The molecule has 0 atom stereocenters. The van der Waals surface area contributed by atoms with Gasteiger partial charge in [0, 0.05) is 51.2 Å². The van der Waals surface area contributed by atoms with E-state index in [-0.39, 0.29) is 5.91 Å². The first-order valence-corrected chi connectivity index (χ1v) is 7.96. The molecule has 122 valence electrons. The van der Waals surface area contributed by atoms with Crippen molar-refractivity contribution in [2.24, 2.45) is 0 Å². The van der Waals surface area contributed by atoms with Crippen molar-refractivity contribution in [3.05, 3.63) is 24.0 Å². The Balaban J connectivity index is 1.92. The van der Waals surface area contributed by atoms with Crippen molar-refractivity contribution < 1.29 is 4.79 Å². The first-order valence-electron chi connectivity index (χ1n) is 7.96. The van der Waals surface area contributed by atoms with E-state index in [0.29, 0.717) is 5.69 Å². The summed E-state index contributed by atoms with van der Waals surface area (Å²) in [6.45, 7) is 8.46. The number of carbonyl (C=O) groups excluding carboxylic acids is 1. The third-order valence-corrected chi connectivity index (χ3v) is 3.97. The molecule has 0 radical (unpaired) electrons. The summed E-state index contributed by atoms with van der Waals surface area (Å²) in [5.74, 6) is 0.0343. The van der Waals surface area contributed by atoms with E-state index in [1.54, 1.807) is 6.20 Å². The molecule has 2 heterocycles. The Hall–Kier alpha value is -1.66. The Morgan fingerprint density at radius 3 is 2.68 bits per heavy atom. The van der Waals surface area contributed by atoms with Crippen molar-refractivity contribution in [3.8, 4) is 0 Å². The molecule has 1 saturated heterocycles. The first kappa shape index (κ1) is 16.7. The third kappa shape index (κ3) is 4.68. The van der Waals surface area contributed by atoms with Crippen molar-refractivity contribution >= 4 is 11.6 Å². The summed E-state index contributed by atoms with van der Waals surface area (Å²) in [5.41, 5.74) is 1.48. The van der Waals surface area contributed by atoms with Crippen LogP contribution < -0.4 is 5.32 Å². The average Bonchev–Trinajstić information content (AvgIpc) is 2.54. The fraction of sp³-hybridized carbons (Fsp3) is 0.625. The fourth-order valence-corrected chi connectivity index (χ4v) is 2.51. The lowest BCUT2D eigenvalue weighted by Gasteiger charge is -2.33. The van der Waals surface area contributed by atoms with Gasteiger partial charge in [-0.15, -0.1) is 0 Å². The second-order valence-electron chi connectivity index (χ2n) is 5.89. The van der Waals surface area contributed by atoms with Crippen LogP contribution in [0.15, 0.2) is 18.3 Å². The van der Waals surface area contributed by atoms with Crippen molar-refractivity contribution in [1.29, 1.82) is 0 Å². The Morgan fingerprint density at radius 2 is 2.05 bits per heavy atom. The monoisotopic (exact) mass is 305 g/mol. The van der Waals surface area contributed by atoms with Crippen molar-refractivity contribution in [2.75, 3.05) is 65.2 Å². The maximum Gasteiger partial charge on any atom is 0.272 e. The normalized spacial score (nSPS) is 16.1. The number of hydrogen-bond acceptors (Lipinski definition) is 5. The molecule has 1 aliphatic rings. The highest BCUT2D eigenvalue weighted by Crippen LogP contribution is 2.11. The number of pyridine rings is 1. The molecule has 1 aromatic heterocycles. The van der Waals surface area contributed by atoms with Crippen LogP contribution in [0.25, 0.3) is 0 Å². The predicted octanol–water partition coefficient (Wildman–Crippen LogP) is 0.833. The molecule has 1 fully saturated rings. The number of amides is 1. The summed E-state index contributed by atoms with van der Waals surface area (Å²) in [6.07, 6.45) is 1.70. The van der Waals surface area contributed by atoms with Gasteiger partial charge < -0.3 is 20.0 Å². The summed E-state index contributed by atoms with van der Waals surface area (Å²) in [4.78, 5) is 23.2. The maximum atomic E-state index is 12.5. The van der Waals surface area contributed by atoms with Crippen molar-refractivity contribution in [1.82, 2.24) is 19.7 Å². The summed E-state index contributed by atoms with van der Waals surface area (Å²) in [6, 6.07) is 3.76. The van der Waals surface area contributed by atoms with Gasteiger partial charge in [0.25, 0.3) is 5.91 Å². The summed E-state index contributed by atoms with van der Waals surface area (Å²) in [5, 5.41) is 3.33. The van der Waals surface area contributed by atoms with Crippen molar-refractivity contribution in [3.63, 3.8) is 0 Å². The van der Waals surface area contributed by atoms with Gasteiger partial charge in [-0.05, 0) is 32.8 Å². The maximum absolute atomic E-state index is 12.5. The molecule has 1 N–H and O–H groups in total. The van der Waals surface area contributed by atoms with Gasteiger partial charge in [-0.2, -0.15) is 0 Å². The number of nitrogens with one attached hydrogen (secondary N) is 1. The summed E-state index contributed by atoms with van der Waals surface area (Å²) < 4.78 is 0. The third-order valence-electron chi connectivity index (χ3n) is 3.97. The van der Waals surface area contributed by atoms with Gasteiger partial charge in [0.05, 0.1) is 0 Å². The van der Waals surface area contributed by atoms with Gasteiger partial charge in [-0.25, -0.2) is 0 Å². The van der Waals surface area contributed by atoms with E-state index in [1.165, 1.54) is 0 Å². The number of hydrogen-bond donors (Lipinski definition) is 1. The number of nitrogens with zero attached hydrogens (tertiary/aromatic N) is 4. The van der Waals surface area contributed by atoms with Gasteiger partial charge in [-0.3, -0.25) is 9.78 Å². The molecule has 1 aliphatic heterocycles. The lowest BCUT2D eigenvalue weighted by Crippen LogP contribution is -2.48. The number of rotatable bonds is 6. The highest BCUT2D eigenvalue weighted by atomic mass is 16.2. The number of likely N-dealkylation sites (N-methyl/N-ethyl adjacent to an activating group) is 2. The van der Waals surface area contributed by atoms with Gasteiger partial charge in [0.15, 0.2) is 0 Å². The molecule has 0 saturated carbocycles. The number of piperazine rings is 1. The molecular formula is C16H27N5O. The molecule has 0 aromatic carbocycles. The molecule has 1 amide bonds. The van der Waals surface area contributed by atoms with Crippen LogP contribution >= 0.6 is 0 Å². The van der Waals surface area contributed by atoms with E-state index in [9.17, 15) is 4.79 Å². The van der Waals surface area contributed by atoms with Crippen molar-refractivity contribution in [2.45, 2.75) is 6.92 Å². The van der Waals surface area contributed by atoms with Crippen LogP contribution in [-0.2, 0) is 0 Å². The summed E-state index contributed by atoms with van der Waals surface area (Å²) >= 11 is 0. The Morgan fingerprint density at radius 1 is 1.32 bits per heavy atom. The second kappa shape index (κ2) is 8.10. The van der Waals surface area contributed by atoms with E-state index >= 15 is 0 Å². The average molecular weight is 305 g/mol. The van der Waals surface area contributed by atoms with E-state index in [2.05, 4.69) is 27.0 Å². The van der Waals surface area contributed by atoms with Crippen LogP contribution in [0.5, 0.6) is 0 Å². The van der Waals surface area contributed by atoms with Gasteiger partial charge in [0.2, 0.25) is 0 Å². The van der Waals surface area contributed by atoms with Crippen LogP contribution in [0.1, 0.15) is 17.4 Å². The molecule has 1 aromatic rings. The van der Waals surface area contributed by atoms with E-state index in [4.69, 9.17) is 0 Å². The number of anilines is 1. The largest absolute Gasteiger partial charge is 0.384 e. The molecule has 0 bridgehead atoms. The fourth-order valence-electron chi connectivity index (χ4n) is 2.51. The van der Waals surface area contributed by atoms with Crippen LogP contribution in [0.2, 0.25) is 0 Å². The standard InChI is InChI=1S/C16H27N5O/c1-4-20-9-11-21(12-10-20)16(22)15-13-14(5-6-18-15)17-7-8-19(2)3/h5-6,13H,4,7-12H2,1-3H3,(H,17,18). The molecule has 0 unspecified atom stereocenters. The zero-order valence-electron chi connectivity index (χ0n) is 13.9. The molecule has 6 heteroatoms. The van der Waals surface area contributed by atoms with Gasteiger partial charge in [0.1, 0.15) is 5.69 Å². The number of carbonyl (C=O) groups is 1. The zero-order valence-corrected chi connectivity index (χ0v) is 13.9. The van der Waals surface area contributed by atoms with Crippen LogP contribution in [0.4, 0.5) is 5.69 Å². The SMILES string of the molecule is CCN1CCN(C(=O)c2cc(NCCN(C)C)ccn2)CC1. The lowest BCUT2D eigenvalue weighted by atomic mass is 10.2. The van der Waals surface area contributed by atoms with Gasteiger partial charge >= 0.3 is 0 Å². The smallest absolute Gasteiger partial charge is 0.272 e. The van der Waals surface area contributed by atoms with E-state index in [1.807, 2.05) is 31.1 Å². The Kier molecular flexibility index (Phi) is 6.15. The van der Waals surface area contributed by atoms with E-state index in [0.717, 1.165) is 51.5 Å². The highest BCUT2D eigenvalue weighted by Gasteiger charge is 2.22. The quantitative estimate of drug-likeness (QED) is 0.844. The number of aromatic nitrogens is 1. The summed E-state index contributed by atoms with van der Waals surface area (Å²) in [7, 11) is 4.08. The topological polar surface area (TPSA) is 51.7 Å². The Bertz CT molecular complexity index is 483. The molecule has 6 nitrogen and oxygen atoms in total. The second-order valence-corrected chi connectivity index (χ2v) is 5.89. The molecule has 0 aliphatic carbocycles. The van der Waals surface area contributed by atoms with E-state index < -0.39 is 0 Å². The molecule has 2 rings (SSSR count). The molecule has 22 heavy (non-hydrogen) atoms. The minimum Gasteiger partial charge on any atom is -0.384 e. The van der Waals surface area contributed by atoms with Crippen LogP contribution in [-0.4, -0.2) is 85.5 Å². The molecular weight excluding hydrogens is 278 g/mol. The highest BCUT2D eigenvalue weighted by molar-refractivity contribution is 5.93. The zero-order chi connectivity index (χ0) is 15.9. The minimum absolute atomic E-state index is 0.0343. The predicted molar refractivity (Wildman–Crippen MR) is 89.3 cm³/mol. The molecule has 0 spiro atoms. The first-order chi connectivity index (χ1) is 10.6.